The summed E-state index contributed by atoms with van der Waals surface area (Å²) in [4.78, 5) is 37.9. The Morgan fingerprint density at radius 1 is 0.350 bits per heavy atom. The maximum atomic E-state index is 12.8. The summed E-state index contributed by atoms with van der Waals surface area (Å²) in [7, 11) is 0. The summed E-state index contributed by atoms with van der Waals surface area (Å²) < 4.78 is 16.7. The Balaban J connectivity index is 4.42. The van der Waals surface area contributed by atoms with Gasteiger partial charge in [-0.15, -0.1) is 0 Å². The Morgan fingerprint density at radius 3 is 1.07 bits per heavy atom. The zero-order valence-corrected chi connectivity index (χ0v) is 39.5. The minimum Gasteiger partial charge on any atom is -0.462 e. The van der Waals surface area contributed by atoms with E-state index < -0.39 is 6.10 Å². The lowest BCUT2D eigenvalue weighted by atomic mass is 10.1. The third kappa shape index (κ3) is 46.2. The highest BCUT2D eigenvalue weighted by Crippen LogP contribution is 2.14. The zero-order chi connectivity index (χ0) is 43.7. The molecule has 60 heavy (non-hydrogen) atoms. The summed E-state index contributed by atoms with van der Waals surface area (Å²) in [6, 6.07) is 0. The number of ether oxygens (including phenoxy) is 3. The first-order chi connectivity index (χ1) is 29.5. The highest BCUT2D eigenvalue weighted by Gasteiger charge is 2.19. The van der Waals surface area contributed by atoms with Crippen molar-refractivity contribution >= 4 is 17.9 Å². The smallest absolute Gasteiger partial charge is 0.306 e. The maximum Gasteiger partial charge on any atom is 0.306 e. The van der Waals surface area contributed by atoms with Crippen LogP contribution in [-0.4, -0.2) is 37.2 Å². The minimum absolute atomic E-state index is 0.0916. The Labute approximate surface area is 370 Å². The molecule has 1 atom stereocenters. The van der Waals surface area contributed by atoms with Crippen LogP contribution in [0.4, 0.5) is 0 Å². The molecule has 0 aromatic rings. The van der Waals surface area contributed by atoms with Crippen molar-refractivity contribution in [2.45, 2.75) is 252 Å². The number of allylic oxidation sites excluding steroid dienone is 10. The average Bonchev–Trinajstić information content (AvgIpc) is 3.24. The molecule has 0 N–H and O–H groups in total. The Kier molecular flexibility index (Phi) is 46.4. The number of hydrogen-bond acceptors (Lipinski definition) is 6. The maximum absolute atomic E-state index is 12.8. The lowest BCUT2D eigenvalue weighted by Gasteiger charge is -2.18. The first-order valence-electron chi connectivity index (χ1n) is 25.3. The fourth-order valence-corrected chi connectivity index (χ4v) is 6.96. The van der Waals surface area contributed by atoms with Gasteiger partial charge < -0.3 is 14.2 Å². The molecule has 0 radical (unpaired) electrons. The molecule has 0 aliphatic carbocycles. The van der Waals surface area contributed by atoms with Crippen LogP contribution >= 0.6 is 0 Å². The number of carbonyl (C=O) groups excluding carboxylic acids is 3. The number of unbranched alkanes of at least 4 members (excludes halogenated alkanes) is 26. The average molecular weight is 839 g/mol. The largest absolute Gasteiger partial charge is 0.462 e. The zero-order valence-electron chi connectivity index (χ0n) is 39.5. The van der Waals surface area contributed by atoms with Gasteiger partial charge in [-0.05, 0) is 89.9 Å². The molecule has 0 fully saturated rings. The van der Waals surface area contributed by atoms with Gasteiger partial charge in [0.15, 0.2) is 6.10 Å². The van der Waals surface area contributed by atoms with Gasteiger partial charge >= 0.3 is 17.9 Å². The molecule has 0 aliphatic rings. The summed E-state index contributed by atoms with van der Waals surface area (Å²) in [5.74, 6) is -0.934. The van der Waals surface area contributed by atoms with Crippen molar-refractivity contribution in [2.24, 2.45) is 0 Å². The molecule has 0 heterocycles. The molecule has 6 heteroatoms. The first-order valence-corrected chi connectivity index (χ1v) is 25.3. The second-order valence-corrected chi connectivity index (χ2v) is 16.7. The van der Waals surface area contributed by atoms with Crippen molar-refractivity contribution in [3.63, 3.8) is 0 Å². The number of rotatable bonds is 45. The molecular weight excluding hydrogens is 745 g/mol. The Morgan fingerprint density at radius 2 is 0.667 bits per heavy atom. The molecule has 346 valence electrons. The van der Waals surface area contributed by atoms with Crippen LogP contribution in [0.25, 0.3) is 0 Å². The fraction of sp³-hybridized carbons (Fsp3) is 0.759. The summed E-state index contributed by atoms with van der Waals surface area (Å²) in [5, 5.41) is 0. The first kappa shape index (κ1) is 57.1. The lowest BCUT2D eigenvalue weighted by Crippen LogP contribution is -2.30. The lowest BCUT2D eigenvalue weighted by molar-refractivity contribution is -0.167. The van der Waals surface area contributed by atoms with Crippen molar-refractivity contribution in [2.75, 3.05) is 13.2 Å². The van der Waals surface area contributed by atoms with E-state index in [0.717, 1.165) is 103 Å². The highest BCUT2D eigenvalue weighted by atomic mass is 16.6. The third-order valence-electron chi connectivity index (χ3n) is 10.8. The molecule has 0 bridgehead atoms. The van der Waals surface area contributed by atoms with Crippen LogP contribution in [0.3, 0.4) is 0 Å². The molecule has 1 unspecified atom stereocenters. The van der Waals surface area contributed by atoms with Gasteiger partial charge in [-0.25, -0.2) is 0 Å². The van der Waals surface area contributed by atoms with E-state index >= 15 is 0 Å². The molecule has 0 saturated carbocycles. The minimum atomic E-state index is -0.792. The van der Waals surface area contributed by atoms with E-state index in [9.17, 15) is 14.4 Å². The fourth-order valence-electron chi connectivity index (χ4n) is 6.96. The van der Waals surface area contributed by atoms with E-state index in [1.54, 1.807) is 0 Å². The van der Waals surface area contributed by atoms with E-state index in [2.05, 4.69) is 81.5 Å². The van der Waals surface area contributed by atoms with Gasteiger partial charge in [0, 0.05) is 19.3 Å². The van der Waals surface area contributed by atoms with E-state index in [4.69, 9.17) is 14.2 Å². The number of esters is 3. The van der Waals surface area contributed by atoms with Crippen LogP contribution in [0, 0.1) is 0 Å². The van der Waals surface area contributed by atoms with Crippen LogP contribution in [0.5, 0.6) is 0 Å². The van der Waals surface area contributed by atoms with E-state index in [-0.39, 0.29) is 31.1 Å². The van der Waals surface area contributed by atoms with Crippen LogP contribution in [0.15, 0.2) is 60.8 Å². The normalized spacial score (nSPS) is 12.5. The molecule has 0 aliphatic heterocycles. The van der Waals surface area contributed by atoms with E-state index in [1.807, 2.05) is 0 Å². The quantitative estimate of drug-likeness (QED) is 0.0200. The predicted molar refractivity (Wildman–Crippen MR) is 256 cm³/mol. The van der Waals surface area contributed by atoms with Crippen molar-refractivity contribution < 1.29 is 28.6 Å². The van der Waals surface area contributed by atoms with Gasteiger partial charge in [0.05, 0.1) is 0 Å². The van der Waals surface area contributed by atoms with Crippen molar-refractivity contribution in [3.8, 4) is 0 Å². The summed E-state index contributed by atoms with van der Waals surface area (Å²) >= 11 is 0. The third-order valence-corrected chi connectivity index (χ3v) is 10.8. The molecule has 0 aromatic heterocycles. The predicted octanol–water partition coefficient (Wildman–Crippen LogP) is 16.5. The number of hydrogen-bond donors (Lipinski definition) is 0. The van der Waals surface area contributed by atoms with Gasteiger partial charge in [-0.2, -0.15) is 0 Å². The topological polar surface area (TPSA) is 78.9 Å². The van der Waals surface area contributed by atoms with Crippen molar-refractivity contribution in [1.82, 2.24) is 0 Å². The second kappa shape index (κ2) is 48.8. The molecule has 0 spiro atoms. The molecular formula is C54H94O6. The monoisotopic (exact) mass is 839 g/mol. The van der Waals surface area contributed by atoms with Crippen LogP contribution < -0.4 is 0 Å². The summed E-state index contributed by atoms with van der Waals surface area (Å²) in [6.45, 7) is 6.46. The van der Waals surface area contributed by atoms with Gasteiger partial charge in [0.1, 0.15) is 13.2 Å². The van der Waals surface area contributed by atoms with E-state index in [1.165, 1.54) is 103 Å². The van der Waals surface area contributed by atoms with E-state index in [0.29, 0.717) is 19.3 Å². The Hall–Kier alpha value is -2.89. The number of carbonyl (C=O) groups is 3. The van der Waals surface area contributed by atoms with Crippen molar-refractivity contribution in [3.05, 3.63) is 60.8 Å². The molecule has 6 nitrogen and oxygen atoms in total. The van der Waals surface area contributed by atoms with Gasteiger partial charge in [0.25, 0.3) is 0 Å². The molecule has 0 rings (SSSR count). The van der Waals surface area contributed by atoms with Crippen LogP contribution in [0.2, 0.25) is 0 Å². The second-order valence-electron chi connectivity index (χ2n) is 16.7. The molecule has 0 amide bonds. The summed E-state index contributed by atoms with van der Waals surface area (Å²) in [6.07, 6.45) is 59.2. The van der Waals surface area contributed by atoms with Crippen LogP contribution in [-0.2, 0) is 28.6 Å². The van der Waals surface area contributed by atoms with Gasteiger partial charge in [-0.3, -0.25) is 14.4 Å². The van der Waals surface area contributed by atoms with Crippen molar-refractivity contribution in [1.29, 1.82) is 0 Å². The van der Waals surface area contributed by atoms with Gasteiger partial charge in [0.2, 0.25) is 0 Å². The van der Waals surface area contributed by atoms with Gasteiger partial charge in [-0.1, -0.05) is 197 Å². The Bertz CT molecular complexity index is 1100. The standard InChI is InChI=1S/C54H94O6/c1-4-7-10-13-16-19-22-25-26-27-30-32-35-38-41-44-47-53(56)59-50-51(60-54(57)48-45-42-39-36-33-29-24-21-18-15-12-9-6-3)49-58-52(55)46-43-40-37-34-31-28-23-20-17-14-11-8-5-2/h9,12,15,18,21,24,26-28,31,51H,4-8,10-11,13-14,16-17,19-20,22-23,25,29-30,32-50H2,1-3H3/b12-9-,18-15-,24-21-,27-26-,31-28-. The highest BCUT2D eigenvalue weighted by molar-refractivity contribution is 5.71. The molecule has 0 aromatic carbocycles. The molecule has 0 saturated heterocycles. The summed E-state index contributed by atoms with van der Waals surface area (Å²) in [5.41, 5.74) is 0. The van der Waals surface area contributed by atoms with Crippen LogP contribution in [0.1, 0.15) is 245 Å². The SMILES string of the molecule is CC\C=C/C=C\C=C/CCCCCCCC(=O)OC(COC(=O)CCCCC/C=C\CCCCCCCC)COC(=O)CCCCCCC/C=C\CCCCCCCCC.